The summed E-state index contributed by atoms with van der Waals surface area (Å²) in [6, 6.07) is 8.03. The predicted molar refractivity (Wildman–Crippen MR) is 123 cm³/mol. The molecule has 170 valence electrons. The van der Waals surface area contributed by atoms with E-state index in [1.807, 2.05) is 24.3 Å². The van der Waals surface area contributed by atoms with Crippen molar-refractivity contribution >= 4 is 0 Å². The molecule has 0 N–H and O–H groups in total. The van der Waals surface area contributed by atoms with E-state index in [2.05, 4.69) is 12.2 Å². The van der Waals surface area contributed by atoms with Crippen LogP contribution in [0.3, 0.4) is 0 Å². The molecule has 0 aromatic heterocycles. The number of rotatable bonds is 17. The van der Waals surface area contributed by atoms with Gasteiger partial charge in [-0.05, 0) is 56.2 Å². The zero-order chi connectivity index (χ0) is 21.1. The minimum atomic E-state index is 0.0767. The van der Waals surface area contributed by atoms with Crippen LogP contribution in [-0.4, -0.2) is 33.2 Å². The second-order valence-corrected chi connectivity index (χ2v) is 8.12. The molecule has 1 aliphatic heterocycles. The molecule has 30 heavy (non-hydrogen) atoms. The van der Waals surface area contributed by atoms with E-state index < -0.39 is 0 Å². The van der Waals surface area contributed by atoms with Crippen molar-refractivity contribution in [3.8, 4) is 5.75 Å². The summed E-state index contributed by atoms with van der Waals surface area (Å²) in [4.78, 5) is 0. The summed E-state index contributed by atoms with van der Waals surface area (Å²) in [6.07, 6.45) is 19.6. The van der Waals surface area contributed by atoms with E-state index in [4.69, 9.17) is 18.9 Å². The topological polar surface area (TPSA) is 36.9 Å². The van der Waals surface area contributed by atoms with Crippen LogP contribution in [0.5, 0.6) is 5.75 Å². The Labute approximate surface area is 183 Å². The van der Waals surface area contributed by atoms with Crippen LogP contribution in [0.4, 0.5) is 0 Å². The molecule has 1 aliphatic rings. The number of unbranched alkanes of at least 4 members (excludes halogenated alkanes) is 8. The highest BCUT2D eigenvalue weighted by atomic mass is 16.7. The van der Waals surface area contributed by atoms with Gasteiger partial charge in [-0.25, -0.2) is 0 Å². The van der Waals surface area contributed by atoms with Crippen LogP contribution in [0.25, 0.3) is 0 Å². The van der Waals surface area contributed by atoms with Gasteiger partial charge in [0.15, 0.2) is 6.29 Å². The minimum Gasteiger partial charge on any atom is -0.497 e. The van der Waals surface area contributed by atoms with Crippen molar-refractivity contribution in [1.82, 2.24) is 0 Å². The Bertz CT molecular complexity index is 534. The molecule has 1 heterocycles. The third-order valence-electron chi connectivity index (χ3n) is 5.52. The highest BCUT2D eigenvalue weighted by Gasteiger charge is 2.13. The predicted octanol–water partition coefficient (Wildman–Crippen LogP) is 6.82. The number of allylic oxidation sites excluding steroid dienone is 1. The standard InChI is InChI=1S/C26H42O4/c1-27-25-18-16-24(17-19-25)23-28-20-12-9-7-5-3-2-4-6-8-10-13-21-29-26-15-11-14-22-30-26/h9,12,16-19,26H,2-8,10-11,13-15,20-23H2,1H3/b12-9+. The normalized spacial score (nSPS) is 16.9. The van der Waals surface area contributed by atoms with E-state index in [1.54, 1.807) is 7.11 Å². The highest BCUT2D eigenvalue weighted by Crippen LogP contribution is 2.15. The SMILES string of the molecule is COc1ccc(COC/C=C/CCCCCCCCCCOC2CCCCO2)cc1. The minimum absolute atomic E-state index is 0.0767. The molecule has 4 heteroatoms. The molecule has 1 aromatic carbocycles. The van der Waals surface area contributed by atoms with Gasteiger partial charge in [-0.2, -0.15) is 0 Å². The molecule has 0 aliphatic carbocycles. The second-order valence-electron chi connectivity index (χ2n) is 8.12. The number of hydrogen-bond acceptors (Lipinski definition) is 4. The lowest BCUT2D eigenvalue weighted by molar-refractivity contribution is -0.162. The summed E-state index contributed by atoms with van der Waals surface area (Å²) in [5.74, 6) is 0.883. The van der Waals surface area contributed by atoms with Gasteiger partial charge < -0.3 is 18.9 Å². The molecular formula is C26H42O4. The van der Waals surface area contributed by atoms with Crippen LogP contribution >= 0.6 is 0 Å². The lowest BCUT2D eigenvalue weighted by Crippen LogP contribution is -2.22. The molecule has 0 saturated carbocycles. The first kappa shape index (κ1) is 24.9. The second kappa shape index (κ2) is 17.3. The first-order valence-electron chi connectivity index (χ1n) is 12.0. The quantitative estimate of drug-likeness (QED) is 0.205. The molecular weight excluding hydrogens is 376 g/mol. The van der Waals surface area contributed by atoms with Crippen LogP contribution < -0.4 is 4.74 Å². The highest BCUT2D eigenvalue weighted by molar-refractivity contribution is 5.26. The van der Waals surface area contributed by atoms with Crippen LogP contribution in [-0.2, 0) is 20.8 Å². The Kier molecular flexibility index (Phi) is 14.4. The zero-order valence-electron chi connectivity index (χ0n) is 19.0. The molecule has 0 spiro atoms. The molecule has 1 saturated heterocycles. The van der Waals surface area contributed by atoms with E-state index in [1.165, 1.54) is 69.8 Å². The van der Waals surface area contributed by atoms with Crippen molar-refractivity contribution in [2.45, 2.75) is 89.9 Å². The first-order chi connectivity index (χ1) is 14.9. The van der Waals surface area contributed by atoms with Crippen molar-refractivity contribution < 1.29 is 18.9 Å². The van der Waals surface area contributed by atoms with Gasteiger partial charge in [0, 0.05) is 13.2 Å². The molecule has 1 aromatic rings. The first-order valence-corrected chi connectivity index (χ1v) is 12.0. The van der Waals surface area contributed by atoms with E-state index in [0.717, 1.165) is 31.8 Å². The average Bonchev–Trinajstić information content (AvgIpc) is 2.80. The van der Waals surface area contributed by atoms with Gasteiger partial charge >= 0.3 is 0 Å². The summed E-state index contributed by atoms with van der Waals surface area (Å²) in [6.45, 7) is 3.07. The number of ether oxygens (including phenoxy) is 4. The molecule has 0 radical (unpaired) electrons. The molecule has 0 amide bonds. The lowest BCUT2D eigenvalue weighted by atomic mass is 10.1. The van der Waals surface area contributed by atoms with E-state index in [0.29, 0.717) is 13.2 Å². The number of benzene rings is 1. The largest absolute Gasteiger partial charge is 0.497 e. The Hall–Kier alpha value is -1.36. The number of hydrogen-bond donors (Lipinski definition) is 0. The van der Waals surface area contributed by atoms with Crippen molar-refractivity contribution in [2.75, 3.05) is 26.9 Å². The zero-order valence-corrected chi connectivity index (χ0v) is 19.0. The maximum absolute atomic E-state index is 5.78. The van der Waals surface area contributed by atoms with Gasteiger partial charge in [0.1, 0.15) is 5.75 Å². The van der Waals surface area contributed by atoms with Crippen LogP contribution in [0.15, 0.2) is 36.4 Å². The van der Waals surface area contributed by atoms with Gasteiger partial charge in [-0.3, -0.25) is 0 Å². The molecule has 1 fully saturated rings. The van der Waals surface area contributed by atoms with Crippen molar-refractivity contribution in [1.29, 1.82) is 0 Å². The fraction of sp³-hybridized carbons (Fsp3) is 0.692. The van der Waals surface area contributed by atoms with Crippen LogP contribution in [0.1, 0.15) is 82.6 Å². The summed E-state index contributed by atoms with van der Waals surface area (Å²) in [5.41, 5.74) is 1.18. The fourth-order valence-corrected chi connectivity index (χ4v) is 3.63. The fourth-order valence-electron chi connectivity index (χ4n) is 3.63. The Morgan fingerprint density at radius 2 is 1.63 bits per heavy atom. The van der Waals surface area contributed by atoms with Crippen LogP contribution in [0, 0.1) is 0 Å². The van der Waals surface area contributed by atoms with Crippen LogP contribution in [0.2, 0.25) is 0 Å². The lowest BCUT2D eigenvalue weighted by Gasteiger charge is -2.22. The summed E-state index contributed by atoms with van der Waals surface area (Å²) in [7, 11) is 1.68. The Morgan fingerprint density at radius 3 is 2.33 bits per heavy atom. The Balaban J connectivity index is 1.29. The maximum Gasteiger partial charge on any atom is 0.157 e. The number of methoxy groups -OCH3 is 1. The third kappa shape index (κ3) is 12.4. The molecule has 4 nitrogen and oxygen atoms in total. The van der Waals surface area contributed by atoms with Crippen molar-refractivity contribution in [3.63, 3.8) is 0 Å². The third-order valence-corrected chi connectivity index (χ3v) is 5.52. The molecule has 2 rings (SSSR count). The Morgan fingerprint density at radius 1 is 0.900 bits per heavy atom. The van der Waals surface area contributed by atoms with Gasteiger partial charge in [0.2, 0.25) is 0 Å². The monoisotopic (exact) mass is 418 g/mol. The average molecular weight is 419 g/mol. The van der Waals surface area contributed by atoms with E-state index >= 15 is 0 Å². The van der Waals surface area contributed by atoms with Crippen molar-refractivity contribution in [3.05, 3.63) is 42.0 Å². The van der Waals surface area contributed by atoms with Gasteiger partial charge in [0.25, 0.3) is 0 Å². The summed E-state index contributed by atoms with van der Waals surface area (Å²) in [5, 5.41) is 0. The van der Waals surface area contributed by atoms with Gasteiger partial charge in [-0.15, -0.1) is 0 Å². The van der Waals surface area contributed by atoms with Crippen molar-refractivity contribution in [2.24, 2.45) is 0 Å². The van der Waals surface area contributed by atoms with E-state index in [9.17, 15) is 0 Å². The molecule has 1 atom stereocenters. The maximum atomic E-state index is 5.78. The van der Waals surface area contributed by atoms with Gasteiger partial charge in [0.05, 0.1) is 20.3 Å². The van der Waals surface area contributed by atoms with E-state index in [-0.39, 0.29) is 6.29 Å². The van der Waals surface area contributed by atoms with Gasteiger partial charge in [-0.1, -0.05) is 62.8 Å². The summed E-state index contributed by atoms with van der Waals surface area (Å²) < 4.78 is 22.2. The smallest absolute Gasteiger partial charge is 0.157 e. The molecule has 1 unspecified atom stereocenters. The summed E-state index contributed by atoms with van der Waals surface area (Å²) >= 11 is 0. The molecule has 0 bridgehead atoms.